The lowest BCUT2D eigenvalue weighted by atomic mass is 9.98. The third-order valence-electron chi connectivity index (χ3n) is 13.7. The number of fused-ring (bicyclic) bond motifs is 6. The summed E-state index contributed by atoms with van der Waals surface area (Å²) in [5, 5.41) is 37.4. The minimum Gasteiger partial charge on any atom is -0.599 e. The molecule has 0 aliphatic heterocycles. The summed E-state index contributed by atoms with van der Waals surface area (Å²) < 4.78 is 20.8. The molecule has 2 aliphatic carbocycles. The highest BCUT2D eigenvalue weighted by Crippen LogP contribution is 2.45. The van der Waals surface area contributed by atoms with Crippen LogP contribution in [-0.4, -0.2) is 105 Å². The smallest absolute Gasteiger partial charge is 0.335 e. The molecular weight excluding hydrogens is 1080 g/mol. The maximum Gasteiger partial charge on any atom is 0.335 e. The molecule has 4 amide bonds. The predicted molar refractivity (Wildman–Crippen MR) is 319 cm³/mol. The molecule has 0 saturated carbocycles. The number of Topliss-reactive ketones (excluding diaryl/α,β-unsaturated/α-hetero) is 1. The molecule has 2 atom stereocenters. The van der Waals surface area contributed by atoms with Gasteiger partial charge >= 0.3 is 18.0 Å². The van der Waals surface area contributed by atoms with E-state index >= 15 is 0 Å². The van der Waals surface area contributed by atoms with Gasteiger partial charge < -0.3 is 45.1 Å². The van der Waals surface area contributed by atoms with Crippen LogP contribution < -0.4 is 31.6 Å². The van der Waals surface area contributed by atoms with Crippen molar-refractivity contribution in [2.45, 2.75) is 69.5 Å². The zero-order valence-electron chi connectivity index (χ0n) is 47.3. The Hall–Kier alpha value is -10.2. The number of esters is 2. The number of hydrazone groups is 1. The SMILES string of the molecule is C=CCOC(=O)CNC(=O)C(=NNC(=O)NC(c1ccccc1)c1ccccc1)[C@H](CCC)N=C([O-])OCC1c2ccccc2-c2ccccc21.C=CCOC(=O)CNC(=O)C(=O)[C@@H](CCC)N=C([O-])OCC1c2ccccc2-c2ccccc21. The average Bonchev–Trinajstić information content (AvgIpc) is 2.00. The van der Waals surface area contributed by atoms with Crippen LogP contribution >= 0.6 is 0 Å². The maximum absolute atomic E-state index is 13.5. The number of nitrogens with one attached hydrogen (secondary N) is 4. The Morgan fingerprint density at radius 3 is 1.31 bits per heavy atom. The summed E-state index contributed by atoms with van der Waals surface area (Å²) >= 11 is 0. The lowest BCUT2D eigenvalue weighted by molar-refractivity contribution is -0.252. The number of ether oxygens (including phenoxy) is 4. The van der Waals surface area contributed by atoms with Crippen LogP contribution in [0.2, 0.25) is 0 Å². The van der Waals surface area contributed by atoms with Crippen molar-refractivity contribution in [1.82, 2.24) is 21.4 Å². The number of aliphatic imine (C=N–C) groups is 2. The van der Waals surface area contributed by atoms with Crippen molar-refractivity contribution in [3.63, 3.8) is 0 Å². The molecule has 2 aliphatic rings. The molecule has 6 aromatic carbocycles. The molecule has 0 fully saturated rings. The van der Waals surface area contributed by atoms with Crippen LogP contribution in [0.25, 0.3) is 22.3 Å². The van der Waals surface area contributed by atoms with E-state index < -0.39 is 78.9 Å². The molecule has 0 heterocycles. The third kappa shape index (κ3) is 17.2. The van der Waals surface area contributed by atoms with E-state index in [9.17, 15) is 39.0 Å². The number of rotatable bonds is 26. The summed E-state index contributed by atoms with van der Waals surface area (Å²) in [7, 11) is 0. The van der Waals surface area contributed by atoms with Crippen molar-refractivity contribution < 1.29 is 57.9 Å². The van der Waals surface area contributed by atoms with Crippen LogP contribution in [-0.2, 0) is 42.9 Å². The summed E-state index contributed by atoms with van der Waals surface area (Å²) in [6, 6.07) is 47.0. The number of benzene rings is 6. The Morgan fingerprint density at radius 2 is 0.894 bits per heavy atom. The first-order valence-electron chi connectivity index (χ1n) is 27.8. The van der Waals surface area contributed by atoms with E-state index in [-0.39, 0.29) is 56.8 Å². The van der Waals surface area contributed by atoms with E-state index in [1.54, 1.807) is 6.92 Å². The maximum atomic E-state index is 13.5. The first kappa shape index (κ1) is 62.4. The van der Waals surface area contributed by atoms with E-state index in [0.717, 1.165) is 55.6 Å². The molecule has 6 aromatic rings. The molecule has 19 nitrogen and oxygen atoms in total. The first-order chi connectivity index (χ1) is 41.3. The molecule has 0 radical (unpaired) electrons. The Kier molecular flexibility index (Phi) is 23.4. The lowest BCUT2D eigenvalue weighted by Crippen LogP contribution is -2.44. The zero-order chi connectivity index (χ0) is 60.5. The second kappa shape index (κ2) is 31.9. The fourth-order valence-electron chi connectivity index (χ4n) is 9.82. The van der Waals surface area contributed by atoms with E-state index in [1.165, 1.54) is 12.2 Å². The first-order valence-corrected chi connectivity index (χ1v) is 27.8. The Morgan fingerprint density at radius 1 is 0.518 bits per heavy atom. The number of nitrogens with zero attached hydrogens (tertiary/aromatic N) is 3. The van der Waals surface area contributed by atoms with Gasteiger partial charge in [-0.25, -0.2) is 10.2 Å². The molecule has 0 spiro atoms. The van der Waals surface area contributed by atoms with E-state index in [0.29, 0.717) is 12.8 Å². The summed E-state index contributed by atoms with van der Waals surface area (Å²) in [5.74, 6) is -4.48. The Bertz CT molecular complexity index is 3270. The highest BCUT2D eigenvalue weighted by Gasteiger charge is 2.30. The van der Waals surface area contributed by atoms with Crippen molar-refractivity contribution in [3.8, 4) is 22.3 Å². The minimum absolute atomic E-state index is 0.00176. The summed E-state index contributed by atoms with van der Waals surface area (Å²) in [4.78, 5) is 83.1. The number of ketones is 1. The summed E-state index contributed by atoms with van der Waals surface area (Å²) in [5.41, 5.74) is 12.3. The highest BCUT2D eigenvalue weighted by atomic mass is 16.6. The number of carbonyl (C=O) groups is 6. The topological polar surface area (TPSA) is 271 Å². The van der Waals surface area contributed by atoms with Gasteiger partial charge in [0.1, 0.15) is 56.3 Å². The number of hydrogen-bond donors (Lipinski definition) is 4. The summed E-state index contributed by atoms with van der Waals surface area (Å²) in [6.45, 7) is 9.69. The Labute approximate surface area is 493 Å². The van der Waals surface area contributed by atoms with Crippen LogP contribution in [0.5, 0.6) is 0 Å². The van der Waals surface area contributed by atoms with Crippen LogP contribution in [0.15, 0.2) is 198 Å². The second-order valence-corrected chi connectivity index (χ2v) is 19.5. The number of carbonyl (C=O) groups excluding carboxylic acids is 6. The van der Waals surface area contributed by atoms with Gasteiger partial charge in [0.25, 0.3) is 11.8 Å². The average molecular weight is 1150 g/mol. The number of hydrogen-bond acceptors (Lipinski definition) is 15. The van der Waals surface area contributed by atoms with Crippen molar-refractivity contribution in [2.75, 3.05) is 39.5 Å². The molecule has 0 unspecified atom stereocenters. The molecule has 4 N–H and O–H groups in total. The molecule has 19 heteroatoms. The van der Waals surface area contributed by atoms with Crippen LogP contribution in [0, 0.1) is 0 Å². The normalized spacial score (nSPS) is 13.2. The molecule has 440 valence electrons. The van der Waals surface area contributed by atoms with Crippen LogP contribution in [0.1, 0.15) is 90.8 Å². The second-order valence-electron chi connectivity index (χ2n) is 19.5. The molecule has 85 heavy (non-hydrogen) atoms. The third-order valence-corrected chi connectivity index (χ3v) is 13.7. The van der Waals surface area contributed by atoms with Gasteiger partial charge in [-0.05, 0) is 68.5 Å². The van der Waals surface area contributed by atoms with Gasteiger partial charge in [-0.1, -0.05) is 210 Å². The predicted octanol–water partition coefficient (Wildman–Crippen LogP) is 7.11. The van der Waals surface area contributed by atoms with Gasteiger partial charge in [0, 0.05) is 25.0 Å². The van der Waals surface area contributed by atoms with Gasteiger partial charge in [-0.15, -0.1) is 0 Å². The Balaban J connectivity index is 0.000000264. The molecule has 8 rings (SSSR count). The van der Waals surface area contributed by atoms with Crippen molar-refractivity contribution in [1.29, 1.82) is 0 Å². The molecule has 0 bridgehead atoms. The number of urea groups is 1. The van der Waals surface area contributed by atoms with Gasteiger partial charge in [0.15, 0.2) is 0 Å². The molecule has 0 aromatic heterocycles. The van der Waals surface area contributed by atoms with Gasteiger partial charge in [-0.3, -0.25) is 34.0 Å². The number of amides is 4. The molecular formula is C66H67N7O12-2. The lowest BCUT2D eigenvalue weighted by Gasteiger charge is -2.23. The highest BCUT2D eigenvalue weighted by molar-refractivity contribution is 6.41. The van der Waals surface area contributed by atoms with Gasteiger partial charge in [0.2, 0.25) is 5.78 Å². The van der Waals surface area contributed by atoms with Crippen molar-refractivity contribution in [2.24, 2.45) is 15.1 Å². The fraction of sp³-hybridized carbons (Fsp3) is 0.258. The van der Waals surface area contributed by atoms with Crippen molar-refractivity contribution in [3.05, 3.63) is 216 Å². The van der Waals surface area contributed by atoms with E-state index in [2.05, 4.69) is 49.6 Å². The van der Waals surface area contributed by atoms with Gasteiger partial charge in [0.05, 0.1) is 6.04 Å². The van der Waals surface area contributed by atoms with Crippen molar-refractivity contribution >= 4 is 53.4 Å². The van der Waals surface area contributed by atoms with Crippen LogP contribution in [0.4, 0.5) is 4.79 Å². The quantitative estimate of drug-likeness (QED) is 0.0106. The van der Waals surface area contributed by atoms with Crippen LogP contribution in [0.3, 0.4) is 0 Å². The van der Waals surface area contributed by atoms with Gasteiger partial charge in [-0.2, -0.15) is 5.10 Å². The standard InChI is InChI=1S/C40H41N5O6.C26H28N2O6/c1-3-15-34(42-40(49)51-26-33-31-22-13-11-20-29(31)30-21-12-14-23-32(30)33)37(38(47)41-25-35(46)50-24-4-2)44-45-39(48)43-36(27-16-7-5-8-17-27)28-18-9-6-10-19-28;1-3-9-22(24(30)25(31)27-15-23(29)33-14-4-2)28-26(32)34-16-21-19-12-7-5-10-17(19)18-11-6-8-13-20(18)21/h4-14,16-23,33-34,36H,2-3,15,24-26H2,1H3,(H,41,47)(H,42,49)(H2,43,45,48);4-8,10-13,21-22H,2-3,9,14-16H2,1H3,(H,27,31)(H,28,32)/p-2/t34-;22-/m01/s1. The largest absolute Gasteiger partial charge is 0.599 e. The van der Waals surface area contributed by atoms with E-state index in [1.807, 2.05) is 165 Å². The summed E-state index contributed by atoms with van der Waals surface area (Å²) in [6.07, 6.45) is 2.42. The van der Waals surface area contributed by atoms with E-state index in [4.69, 9.17) is 18.9 Å². The zero-order valence-corrected chi connectivity index (χ0v) is 47.3. The fourth-order valence-corrected chi connectivity index (χ4v) is 9.82. The monoisotopic (exact) mass is 1150 g/mol. The molecule has 0 saturated heterocycles. The minimum atomic E-state index is -1.19.